The number of nitro groups is 1. The Balaban J connectivity index is 1.37. The maximum atomic E-state index is 13.3. The number of hydrogen-bond acceptors (Lipinski definition) is 9. The molecule has 1 saturated heterocycles. The van der Waals surface area contributed by atoms with Crippen LogP contribution in [0.25, 0.3) is 0 Å². The number of para-hydroxylation sites is 1. The predicted octanol–water partition coefficient (Wildman–Crippen LogP) is 4.03. The molecule has 1 aromatic heterocycles. The highest BCUT2D eigenvalue weighted by Gasteiger charge is 2.30. The van der Waals surface area contributed by atoms with Crippen molar-refractivity contribution in [2.24, 2.45) is 0 Å². The number of amides is 2. The molecule has 1 aliphatic heterocycles. The monoisotopic (exact) mass is 540 g/mol. The number of thiazole rings is 1. The van der Waals surface area contributed by atoms with E-state index in [-0.39, 0.29) is 35.7 Å². The predicted molar refractivity (Wildman–Crippen MR) is 140 cm³/mol. The van der Waals surface area contributed by atoms with Crippen LogP contribution < -0.4 is 19.5 Å². The largest absolute Gasteiger partial charge is 0.493 e. The van der Waals surface area contributed by atoms with E-state index < -0.39 is 4.92 Å². The number of methoxy groups -OCH3 is 3. The normalized spacial score (nSPS) is 13.6. The number of nitro benzene ring substituents is 1. The van der Waals surface area contributed by atoms with E-state index >= 15 is 0 Å². The second kappa shape index (κ2) is 11.9. The number of ether oxygens (including phenoxy) is 3. The molecule has 0 spiro atoms. The zero-order chi connectivity index (χ0) is 27.2. The molecule has 3 aromatic rings. The highest BCUT2D eigenvalue weighted by Crippen LogP contribution is 2.41. The molecular formula is C26H28N4O7S. The zero-order valence-electron chi connectivity index (χ0n) is 21.3. The number of carbonyl (C=O) groups is 2. The minimum absolute atomic E-state index is 0.0307. The van der Waals surface area contributed by atoms with Crippen molar-refractivity contribution in [1.29, 1.82) is 0 Å². The first-order valence-electron chi connectivity index (χ1n) is 11.9. The molecule has 0 radical (unpaired) electrons. The van der Waals surface area contributed by atoms with E-state index in [1.807, 2.05) is 0 Å². The molecule has 1 aliphatic rings. The summed E-state index contributed by atoms with van der Waals surface area (Å²) in [7, 11) is 4.50. The van der Waals surface area contributed by atoms with Crippen molar-refractivity contribution in [2.75, 3.05) is 34.4 Å². The summed E-state index contributed by atoms with van der Waals surface area (Å²) in [6, 6.07) is 9.63. The van der Waals surface area contributed by atoms with Crippen molar-refractivity contribution in [1.82, 2.24) is 15.2 Å². The Kier molecular flexibility index (Phi) is 8.41. The Morgan fingerprint density at radius 2 is 1.79 bits per heavy atom. The Morgan fingerprint density at radius 3 is 2.45 bits per heavy atom. The summed E-state index contributed by atoms with van der Waals surface area (Å²) in [5.41, 5.74) is 1.05. The third-order valence-corrected chi connectivity index (χ3v) is 7.46. The Hall–Kier alpha value is -4.19. The van der Waals surface area contributed by atoms with Gasteiger partial charge < -0.3 is 24.4 Å². The molecule has 2 heterocycles. The van der Waals surface area contributed by atoms with Crippen LogP contribution in [0.5, 0.6) is 17.2 Å². The van der Waals surface area contributed by atoms with Crippen LogP contribution in [0.2, 0.25) is 0 Å². The number of carbonyl (C=O) groups excluding carboxylic acids is 2. The van der Waals surface area contributed by atoms with Crippen molar-refractivity contribution >= 4 is 28.8 Å². The summed E-state index contributed by atoms with van der Waals surface area (Å²) >= 11 is 1.40. The zero-order valence-corrected chi connectivity index (χ0v) is 22.1. The third kappa shape index (κ3) is 5.54. The fourth-order valence-electron chi connectivity index (χ4n) is 4.45. The number of nitrogens with one attached hydrogen (secondary N) is 1. The van der Waals surface area contributed by atoms with Crippen LogP contribution >= 0.6 is 11.3 Å². The van der Waals surface area contributed by atoms with Gasteiger partial charge in [0.15, 0.2) is 11.5 Å². The van der Waals surface area contributed by atoms with Crippen LogP contribution in [0.1, 0.15) is 50.2 Å². The Morgan fingerprint density at radius 1 is 1.08 bits per heavy atom. The second-order valence-electron chi connectivity index (χ2n) is 8.59. The summed E-state index contributed by atoms with van der Waals surface area (Å²) in [5, 5.41) is 16.4. The molecule has 4 rings (SSSR count). The number of aromatic nitrogens is 1. The molecule has 1 N–H and O–H groups in total. The van der Waals surface area contributed by atoms with Crippen LogP contribution in [0, 0.1) is 10.1 Å². The van der Waals surface area contributed by atoms with Gasteiger partial charge in [0.1, 0.15) is 5.69 Å². The van der Waals surface area contributed by atoms with Gasteiger partial charge in [0.05, 0.1) is 36.8 Å². The third-order valence-electron chi connectivity index (χ3n) is 6.45. The van der Waals surface area contributed by atoms with Crippen molar-refractivity contribution in [3.8, 4) is 17.2 Å². The maximum absolute atomic E-state index is 13.3. The van der Waals surface area contributed by atoms with Gasteiger partial charge in [-0.25, -0.2) is 4.98 Å². The SMILES string of the molecule is COc1ccc(C(=O)N2CCC(c3nc(C(=O)NCc4ccccc4[N+](=O)[O-])cs3)CC2)c(OC)c1OC. The van der Waals surface area contributed by atoms with E-state index in [0.29, 0.717) is 54.3 Å². The van der Waals surface area contributed by atoms with Crippen LogP contribution in [0.4, 0.5) is 5.69 Å². The number of hydrogen-bond donors (Lipinski definition) is 1. The van der Waals surface area contributed by atoms with Crippen molar-refractivity contribution in [3.63, 3.8) is 0 Å². The van der Waals surface area contributed by atoms with Crippen LogP contribution in [-0.4, -0.2) is 61.0 Å². The van der Waals surface area contributed by atoms with Gasteiger partial charge in [-0.15, -0.1) is 11.3 Å². The van der Waals surface area contributed by atoms with E-state index in [0.717, 1.165) is 5.01 Å². The van der Waals surface area contributed by atoms with Gasteiger partial charge >= 0.3 is 0 Å². The number of rotatable bonds is 9. The number of piperidine rings is 1. The minimum atomic E-state index is -0.471. The molecule has 0 unspecified atom stereocenters. The van der Waals surface area contributed by atoms with Gasteiger partial charge in [0.25, 0.3) is 17.5 Å². The molecule has 2 aromatic carbocycles. The number of benzene rings is 2. The van der Waals surface area contributed by atoms with Crippen molar-refractivity contribution in [2.45, 2.75) is 25.3 Å². The van der Waals surface area contributed by atoms with E-state index in [9.17, 15) is 19.7 Å². The summed E-state index contributed by atoms with van der Waals surface area (Å²) < 4.78 is 16.2. The van der Waals surface area contributed by atoms with Crippen LogP contribution in [0.3, 0.4) is 0 Å². The average Bonchev–Trinajstić information content (AvgIpc) is 3.45. The number of likely N-dealkylation sites (tertiary alicyclic amines) is 1. The molecule has 2 amide bonds. The highest BCUT2D eigenvalue weighted by atomic mass is 32.1. The first-order valence-corrected chi connectivity index (χ1v) is 12.8. The first kappa shape index (κ1) is 26.9. The topological polar surface area (TPSA) is 133 Å². The molecule has 0 saturated carbocycles. The van der Waals surface area contributed by atoms with E-state index in [4.69, 9.17) is 14.2 Å². The van der Waals surface area contributed by atoms with E-state index in [1.54, 1.807) is 40.6 Å². The van der Waals surface area contributed by atoms with Gasteiger partial charge in [-0.3, -0.25) is 19.7 Å². The second-order valence-corrected chi connectivity index (χ2v) is 9.48. The smallest absolute Gasteiger partial charge is 0.274 e. The lowest BCUT2D eigenvalue weighted by atomic mass is 9.97. The van der Waals surface area contributed by atoms with E-state index in [2.05, 4.69) is 10.3 Å². The van der Waals surface area contributed by atoms with Crippen LogP contribution in [0.15, 0.2) is 41.8 Å². The lowest BCUT2D eigenvalue weighted by molar-refractivity contribution is -0.385. The Labute approximate surface area is 223 Å². The molecule has 12 heteroatoms. The fraction of sp³-hybridized carbons (Fsp3) is 0.346. The summed E-state index contributed by atoms with van der Waals surface area (Å²) in [6.45, 7) is 1.09. The standard InChI is InChI=1S/C26H28N4O7S/c1-35-21-9-8-18(22(36-2)23(21)37-3)26(32)29-12-10-16(11-13-29)25-28-19(15-38-25)24(31)27-14-17-6-4-5-7-20(17)30(33)34/h4-9,15-16H,10-14H2,1-3H3,(H,27,31). The highest BCUT2D eigenvalue weighted by molar-refractivity contribution is 7.09. The molecule has 200 valence electrons. The average molecular weight is 541 g/mol. The molecule has 0 aliphatic carbocycles. The molecule has 1 fully saturated rings. The Bertz CT molecular complexity index is 1330. The first-order chi connectivity index (χ1) is 18.4. The number of nitrogens with zero attached hydrogens (tertiary/aromatic N) is 3. The molecule has 0 bridgehead atoms. The molecular weight excluding hydrogens is 512 g/mol. The van der Waals surface area contributed by atoms with Gasteiger partial charge in [-0.05, 0) is 25.0 Å². The minimum Gasteiger partial charge on any atom is -0.493 e. The van der Waals surface area contributed by atoms with Crippen LogP contribution in [-0.2, 0) is 6.54 Å². The molecule has 0 atom stereocenters. The van der Waals surface area contributed by atoms with Crippen molar-refractivity contribution < 1.29 is 28.7 Å². The van der Waals surface area contributed by atoms with Gasteiger partial charge in [-0.1, -0.05) is 18.2 Å². The summed E-state index contributed by atoms with van der Waals surface area (Å²) in [5.74, 6) is 0.745. The van der Waals surface area contributed by atoms with Gasteiger partial charge in [0, 0.05) is 42.6 Å². The summed E-state index contributed by atoms with van der Waals surface area (Å²) in [4.78, 5) is 42.9. The van der Waals surface area contributed by atoms with Gasteiger partial charge in [0.2, 0.25) is 5.75 Å². The summed E-state index contributed by atoms with van der Waals surface area (Å²) in [6.07, 6.45) is 1.40. The fourth-order valence-corrected chi connectivity index (χ4v) is 5.42. The quantitative estimate of drug-likeness (QED) is 0.318. The molecule has 11 nitrogen and oxygen atoms in total. The maximum Gasteiger partial charge on any atom is 0.274 e. The van der Waals surface area contributed by atoms with Crippen molar-refractivity contribution in [3.05, 3.63) is 73.7 Å². The lowest BCUT2D eigenvalue weighted by Crippen LogP contribution is -2.38. The lowest BCUT2D eigenvalue weighted by Gasteiger charge is -2.31. The molecule has 38 heavy (non-hydrogen) atoms. The van der Waals surface area contributed by atoms with E-state index in [1.165, 1.54) is 38.7 Å². The van der Waals surface area contributed by atoms with Gasteiger partial charge in [-0.2, -0.15) is 0 Å².